The van der Waals surface area contributed by atoms with Crippen LogP contribution in [0.15, 0.2) is 42.7 Å². The van der Waals surface area contributed by atoms with Crippen LogP contribution in [0, 0.1) is 0 Å². The third kappa shape index (κ3) is 2.11. The van der Waals surface area contributed by atoms with Crippen molar-refractivity contribution in [1.29, 1.82) is 0 Å². The molecule has 0 saturated carbocycles. The number of hydrogen-bond donors (Lipinski definition) is 0. The van der Waals surface area contributed by atoms with Crippen LogP contribution in [0.25, 0.3) is 22.8 Å². The minimum atomic E-state index is 0.259. The molecule has 0 unspecified atom stereocenters. The second-order valence-corrected chi connectivity index (χ2v) is 5.03. The zero-order valence-electron chi connectivity index (χ0n) is 11.9. The topological polar surface area (TPSA) is 48.5 Å². The van der Waals surface area contributed by atoms with Gasteiger partial charge in [-0.05, 0) is 25.5 Å². The molecule has 2 heterocycles. The molecule has 3 rings (SSSR count). The van der Waals surface area contributed by atoms with Gasteiger partial charge in [-0.2, -0.15) is 10.2 Å². The zero-order valence-corrected chi connectivity index (χ0v) is 11.9. The van der Waals surface area contributed by atoms with Crippen LogP contribution in [0.1, 0.15) is 19.9 Å². The summed E-state index contributed by atoms with van der Waals surface area (Å²) in [6.07, 6.45) is 1.58. The van der Waals surface area contributed by atoms with Crippen molar-refractivity contribution < 1.29 is 0 Å². The lowest BCUT2D eigenvalue weighted by Crippen LogP contribution is -2.05. The Labute approximate surface area is 117 Å². The quantitative estimate of drug-likeness (QED) is 0.733. The predicted molar refractivity (Wildman–Crippen MR) is 78.0 cm³/mol. The molecule has 0 fully saturated rings. The highest BCUT2D eigenvalue weighted by molar-refractivity contribution is 5.65. The number of hydrogen-bond acceptors (Lipinski definition) is 3. The van der Waals surface area contributed by atoms with Crippen LogP contribution in [-0.4, -0.2) is 24.5 Å². The van der Waals surface area contributed by atoms with Gasteiger partial charge in [0.1, 0.15) is 12.0 Å². The Morgan fingerprint density at radius 3 is 2.55 bits per heavy atom. The van der Waals surface area contributed by atoms with E-state index in [4.69, 9.17) is 0 Å². The van der Waals surface area contributed by atoms with Crippen LogP contribution in [0.5, 0.6) is 0 Å². The van der Waals surface area contributed by atoms with Crippen LogP contribution in [-0.2, 0) is 7.05 Å². The Balaban J connectivity index is 2.07. The summed E-state index contributed by atoms with van der Waals surface area (Å²) in [6.45, 7) is 4.17. The number of aromatic nitrogens is 5. The maximum atomic E-state index is 4.57. The van der Waals surface area contributed by atoms with Gasteiger partial charge in [0.05, 0.1) is 5.69 Å². The number of benzene rings is 1. The molecule has 1 aromatic carbocycles. The molecule has 0 N–H and O–H groups in total. The van der Waals surface area contributed by atoms with E-state index in [1.165, 1.54) is 0 Å². The normalized spacial score (nSPS) is 11.2. The molecule has 0 aliphatic carbocycles. The molecule has 5 heteroatoms. The predicted octanol–water partition coefficient (Wildman–Crippen LogP) is 2.93. The van der Waals surface area contributed by atoms with Crippen molar-refractivity contribution in [2.75, 3.05) is 0 Å². The second kappa shape index (κ2) is 4.92. The lowest BCUT2D eigenvalue weighted by atomic mass is 10.1. The van der Waals surface area contributed by atoms with Gasteiger partial charge < -0.3 is 0 Å². The fourth-order valence-electron chi connectivity index (χ4n) is 2.27. The largest absolute Gasteiger partial charge is 0.267 e. The zero-order chi connectivity index (χ0) is 14.1. The van der Waals surface area contributed by atoms with Crippen LogP contribution < -0.4 is 0 Å². The summed E-state index contributed by atoms with van der Waals surface area (Å²) in [5.41, 5.74) is 3.06. The molecule has 20 heavy (non-hydrogen) atoms. The number of rotatable bonds is 3. The molecule has 0 spiro atoms. The van der Waals surface area contributed by atoms with E-state index in [0.29, 0.717) is 0 Å². The summed E-state index contributed by atoms with van der Waals surface area (Å²) >= 11 is 0. The minimum Gasteiger partial charge on any atom is -0.267 e. The van der Waals surface area contributed by atoms with E-state index in [-0.39, 0.29) is 6.04 Å². The molecule has 0 radical (unpaired) electrons. The Kier molecular flexibility index (Phi) is 3.10. The number of aryl methyl sites for hydroxylation is 1. The van der Waals surface area contributed by atoms with E-state index in [0.717, 1.165) is 22.8 Å². The van der Waals surface area contributed by atoms with Crippen LogP contribution in [0.3, 0.4) is 0 Å². The summed E-state index contributed by atoms with van der Waals surface area (Å²) in [7, 11) is 1.95. The first-order valence-electron chi connectivity index (χ1n) is 6.66. The van der Waals surface area contributed by atoms with E-state index < -0.39 is 0 Å². The average Bonchev–Trinajstić information content (AvgIpc) is 3.05. The van der Waals surface area contributed by atoms with Crippen molar-refractivity contribution in [1.82, 2.24) is 24.5 Å². The monoisotopic (exact) mass is 267 g/mol. The van der Waals surface area contributed by atoms with Crippen LogP contribution in [0.2, 0.25) is 0 Å². The first-order valence-corrected chi connectivity index (χ1v) is 6.66. The SMILES string of the molecule is CC(C)n1ncnc1-c1cc(-c2ccccc2)n(C)n1. The Hall–Kier alpha value is -2.43. The maximum Gasteiger partial charge on any atom is 0.178 e. The first-order chi connectivity index (χ1) is 9.66. The third-order valence-corrected chi connectivity index (χ3v) is 3.24. The van der Waals surface area contributed by atoms with Gasteiger partial charge >= 0.3 is 0 Å². The summed E-state index contributed by atoms with van der Waals surface area (Å²) < 4.78 is 3.76. The fraction of sp³-hybridized carbons (Fsp3) is 0.267. The van der Waals surface area contributed by atoms with Crippen molar-refractivity contribution in [3.8, 4) is 22.8 Å². The molecule has 0 saturated heterocycles. The Bertz CT molecular complexity index is 709. The molecule has 5 nitrogen and oxygen atoms in total. The summed E-state index contributed by atoms with van der Waals surface area (Å²) in [5, 5.41) is 8.83. The fourth-order valence-corrected chi connectivity index (χ4v) is 2.27. The molecular formula is C15H17N5. The molecule has 0 atom stereocenters. The van der Waals surface area contributed by atoms with Crippen molar-refractivity contribution in [3.63, 3.8) is 0 Å². The van der Waals surface area contributed by atoms with E-state index in [1.54, 1.807) is 6.33 Å². The number of nitrogens with zero attached hydrogens (tertiary/aromatic N) is 5. The van der Waals surface area contributed by atoms with Crippen molar-refractivity contribution in [2.24, 2.45) is 7.05 Å². The summed E-state index contributed by atoms with van der Waals surface area (Å²) in [4.78, 5) is 4.33. The van der Waals surface area contributed by atoms with Gasteiger partial charge in [-0.15, -0.1) is 0 Å². The molecule has 102 valence electrons. The molecule has 0 aliphatic heterocycles. The smallest absolute Gasteiger partial charge is 0.178 e. The summed E-state index contributed by atoms with van der Waals surface area (Å²) in [5.74, 6) is 0.804. The lowest BCUT2D eigenvalue weighted by molar-refractivity contribution is 0.536. The molecule has 0 bridgehead atoms. The Morgan fingerprint density at radius 2 is 1.85 bits per heavy atom. The highest BCUT2D eigenvalue weighted by Crippen LogP contribution is 2.25. The van der Waals surface area contributed by atoms with Crippen LogP contribution in [0.4, 0.5) is 0 Å². The second-order valence-electron chi connectivity index (χ2n) is 5.03. The van der Waals surface area contributed by atoms with E-state index in [9.17, 15) is 0 Å². The highest BCUT2D eigenvalue weighted by Gasteiger charge is 2.15. The lowest BCUT2D eigenvalue weighted by Gasteiger charge is -2.06. The third-order valence-electron chi connectivity index (χ3n) is 3.24. The van der Waals surface area contributed by atoms with Crippen molar-refractivity contribution in [3.05, 3.63) is 42.7 Å². The Morgan fingerprint density at radius 1 is 1.10 bits per heavy atom. The molecule has 2 aromatic heterocycles. The summed E-state index contributed by atoms with van der Waals surface area (Å²) in [6, 6.07) is 12.5. The highest BCUT2D eigenvalue weighted by atomic mass is 15.4. The van der Waals surface area contributed by atoms with Gasteiger partial charge in [-0.3, -0.25) is 4.68 Å². The van der Waals surface area contributed by atoms with E-state index in [1.807, 2.05) is 34.6 Å². The van der Waals surface area contributed by atoms with Gasteiger partial charge in [0, 0.05) is 13.1 Å². The molecule has 3 aromatic rings. The van der Waals surface area contributed by atoms with Gasteiger partial charge in [-0.25, -0.2) is 9.67 Å². The average molecular weight is 267 g/mol. The van der Waals surface area contributed by atoms with Gasteiger partial charge in [0.2, 0.25) is 0 Å². The van der Waals surface area contributed by atoms with Crippen molar-refractivity contribution >= 4 is 0 Å². The van der Waals surface area contributed by atoms with E-state index in [2.05, 4.69) is 47.2 Å². The van der Waals surface area contributed by atoms with E-state index >= 15 is 0 Å². The molecule has 0 aliphatic rings. The van der Waals surface area contributed by atoms with Crippen LogP contribution >= 0.6 is 0 Å². The van der Waals surface area contributed by atoms with Gasteiger partial charge in [0.25, 0.3) is 0 Å². The standard InChI is InChI=1S/C15H17N5/c1-11(2)20-15(16-10-17-20)13-9-14(19(3)18-13)12-7-5-4-6-8-12/h4-11H,1-3H3. The van der Waals surface area contributed by atoms with Crippen molar-refractivity contribution in [2.45, 2.75) is 19.9 Å². The van der Waals surface area contributed by atoms with Gasteiger partial charge in [0.15, 0.2) is 5.82 Å². The molecular weight excluding hydrogens is 250 g/mol. The molecule has 0 amide bonds. The first kappa shape index (κ1) is 12.6. The van der Waals surface area contributed by atoms with Gasteiger partial charge in [-0.1, -0.05) is 30.3 Å². The minimum absolute atomic E-state index is 0.259. The maximum absolute atomic E-state index is 4.57.